The van der Waals surface area contributed by atoms with Crippen molar-refractivity contribution in [2.24, 2.45) is 0 Å². The third kappa shape index (κ3) is 4.26. The summed E-state index contributed by atoms with van der Waals surface area (Å²) in [5.41, 5.74) is 2.58. The van der Waals surface area contributed by atoms with Crippen LogP contribution in [0.1, 0.15) is 30.7 Å². The molecule has 1 aliphatic heterocycles. The number of nitrogens with one attached hydrogen (secondary N) is 1. The highest BCUT2D eigenvalue weighted by Gasteiger charge is 2.30. The van der Waals surface area contributed by atoms with Crippen LogP contribution in [0.25, 0.3) is 11.0 Å². The van der Waals surface area contributed by atoms with Crippen LogP contribution >= 0.6 is 0 Å². The number of aromatic nitrogens is 4. The molecule has 29 heavy (non-hydrogen) atoms. The monoisotopic (exact) mass is 392 g/mol. The highest BCUT2D eigenvalue weighted by atomic mass is 16.2. The van der Waals surface area contributed by atoms with Gasteiger partial charge in [-0.3, -0.25) is 14.6 Å². The maximum absolute atomic E-state index is 12.7. The minimum Gasteiger partial charge on any atom is -0.354 e. The Morgan fingerprint density at radius 3 is 2.83 bits per heavy atom. The molecule has 0 aliphatic carbocycles. The molecule has 4 heterocycles. The third-order valence-electron chi connectivity index (χ3n) is 5.22. The zero-order valence-corrected chi connectivity index (χ0v) is 16.4. The van der Waals surface area contributed by atoms with Crippen LogP contribution < -0.4 is 5.32 Å². The fourth-order valence-corrected chi connectivity index (χ4v) is 3.81. The quantitative estimate of drug-likeness (QED) is 0.687. The summed E-state index contributed by atoms with van der Waals surface area (Å²) in [7, 11) is 0. The number of fused-ring (bicyclic) bond motifs is 1. The predicted octanol–water partition coefficient (Wildman–Crippen LogP) is 1.52. The Kier molecular flexibility index (Phi) is 5.50. The second-order valence-electron chi connectivity index (χ2n) is 7.29. The topological polar surface area (TPSA) is 93.0 Å². The number of hydrogen-bond donors (Lipinski definition) is 1. The Morgan fingerprint density at radius 2 is 2.03 bits per heavy atom. The standard InChI is InChI=1S/C21H24N6O2/c1-15(28)22-10-12-27-21-18(6-4-9-24-21)20(25-27)16-7-11-26(14-16)19(29)13-17-5-2-3-8-23-17/h2-6,8-9,16H,7,10-14H2,1H3,(H,22,28)/t16-/m1/s1. The second kappa shape index (κ2) is 8.38. The zero-order valence-electron chi connectivity index (χ0n) is 16.4. The van der Waals surface area contributed by atoms with E-state index in [4.69, 9.17) is 5.10 Å². The molecule has 0 aromatic carbocycles. The summed E-state index contributed by atoms with van der Waals surface area (Å²) in [5, 5.41) is 8.61. The molecule has 0 saturated carbocycles. The van der Waals surface area contributed by atoms with E-state index in [1.807, 2.05) is 39.9 Å². The summed E-state index contributed by atoms with van der Waals surface area (Å²) in [5.74, 6) is 0.211. The van der Waals surface area contributed by atoms with Crippen molar-refractivity contribution in [1.82, 2.24) is 30.0 Å². The Bertz CT molecular complexity index is 1020. The molecule has 150 valence electrons. The van der Waals surface area contributed by atoms with Gasteiger partial charge in [-0.15, -0.1) is 0 Å². The van der Waals surface area contributed by atoms with Crippen LogP contribution in [0.5, 0.6) is 0 Å². The number of nitrogens with zero attached hydrogens (tertiary/aromatic N) is 5. The van der Waals surface area contributed by atoms with Crippen molar-refractivity contribution in [2.75, 3.05) is 19.6 Å². The first-order valence-electron chi connectivity index (χ1n) is 9.85. The van der Waals surface area contributed by atoms with Crippen molar-refractivity contribution >= 4 is 22.8 Å². The first kappa shape index (κ1) is 19.0. The molecule has 1 atom stereocenters. The zero-order chi connectivity index (χ0) is 20.2. The van der Waals surface area contributed by atoms with Gasteiger partial charge in [0, 0.05) is 55.9 Å². The van der Waals surface area contributed by atoms with E-state index in [-0.39, 0.29) is 17.7 Å². The van der Waals surface area contributed by atoms with Crippen molar-refractivity contribution in [3.8, 4) is 0 Å². The molecule has 0 unspecified atom stereocenters. The van der Waals surface area contributed by atoms with Gasteiger partial charge in [-0.1, -0.05) is 6.07 Å². The van der Waals surface area contributed by atoms with Gasteiger partial charge in [0.05, 0.1) is 18.7 Å². The lowest BCUT2D eigenvalue weighted by Crippen LogP contribution is -2.30. The molecule has 0 spiro atoms. The lowest BCUT2D eigenvalue weighted by Gasteiger charge is -2.16. The number of carbonyl (C=O) groups is 2. The van der Waals surface area contributed by atoms with Gasteiger partial charge in [0.25, 0.3) is 0 Å². The molecule has 3 aromatic heterocycles. The summed E-state index contributed by atoms with van der Waals surface area (Å²) < 4.78 is 1.85. The first-order valence-corrected chi connectivity index (χ1v) is 9.85. The Morgan fingerprint density at radius 1 is 1.17 bits per heavy atom. The van der Waals surface area contributed by atoms with Crippen LogP contribution in [0.15, 0.2) is 42.7 Å². The highest BCUT2D eigenvalue weighted by Crippen LogP contribution is 2.31. The first-order chi connectivity index (χ1) is 14.1. The van der Waals surface area contributed by atoms with Crippen LogP contribution in [0.4, 0.5) is 0 Å². The molecule has 0 radical (unpaired) electrons. The average molecular weight is 392 g/mol. The molecular weight excluding hydrogens is 368 g/mol. The van der Waals surface area contributed by atoms with Crippen molar-refractivity contribution in [3.63, 3.8) is 0 Å². The molecule has 1 saturated heterocycles. The highest BCUT2D eigenvalue weighted by molar-refractivity contribution is 5.81. The summed E-state index contributed by atoms with van der Waals surface area (Å²) in [6.07, 6.45) is 4.66. The maximum Gasteiger partial charge on any atom is 0.228 e. The number of likely N-dealkylation sites (tertiary alicyclic amines) is 1. The van der Waals surface area contributed by atoms with Crippen LogP contribution in [-0.2, 0) is 22.6 Å². The van der Waals surface area contributed by atoms with E-state index in [0.717, 1.165) is 35.4 Å². The molecule has 0 bridgehead atoms. The van der Waals surface area contributed by atoms with Gasteiger partial charge in [-0.25, -0.2) is 9.67 Å². The molecular formula is C21H24N6O2. The van der Waals surface area contributed by atoms with Crippen molar-refractivity contribution < 1.29 is 9.59 Å². The minimum absolute atomic E-state index is 0.0625. The van der Waals surface area contributed by atoms with Crippen molar-refractivity contribution in [2.45, 2.75) is 32.2 Å². The number of hydrogen-bond acceptors (Lipinski definition) is 5. The Hall–Kier alpha value is -3.29. The lowest BCUT2D eigenvalue weighted by molar-refractivity contribution is -0.129. The number of amides is 2. The molecule has 4 rings (SSSR count). The second-order valence-corrected chi connectivity index (χ2v) is 7.29. The maximum atomic E-state index is 12.7. The van der Waals surface area contributed by atoms with Gasteiger partial charge in [0.2, 0.25) is 11.8 Å². The van der Waals surface area contributed by atoms with Gasteiger partial charge in [0.1, 0.15) is 0 Å². The summed E-state index contributed by atoms with van der Waals surface area (Å²) in [6.45, 7) is 3.93. The minimum atomic E-state index is -0.0625. The van der Waals surface area contributed by atoms with Crippen molar-refractivity contribution in [1.29, 1.82) is 0 Å². The lowest BCUT2D eigenvalue weighted by atomic mass is 10.0. The predicted molar refractivity (Wildman–Crippen MR) is 108 cm³/mol. The van der Waals surface area contributed by atoms with Gasteiger partial charge in [0.15, 0.2) is 5.65 Å². The molecule has 2 amide bonds. The van der Waals surface area contributed by atoms with Crippen LogP contribution in [-0.4, -0.2) is 56.1 Å². The largest absolute Gasteiger partial charge is 0.354 e. The summed E-state index contributed by atoms with van der Waals surface area (Å²) in [6, 6.07) is 9.56. The van der Waals surface area contributed by atoms with Crippen LogP contribution in [0, 0.1) is 0 Å². The molecule has 1 aliphatic rings. The Labute approximate surface area is 168 Å². The van der Waals surface area contributed by atoms with Crippen LogP contribution in [0.3, 0.4) is 0 Å². The molecule has 3 aromatic rings. The van der Waals surface area contributed by atoms with Gasteiger partial charge >= 0.3 is 0 Å². The summed E-state index contributed by atoms with van der Waals surface area (Å²) >= 11 is 0. The number of carbonyl (C=O) groups excluding carboxylic acids is 2. The van der Waals surface area contributed by atoms with Crippen molar-refractivity contribution in [3.05, 3.63) is 54.1 Å². The normalized spacial score (nSPS) is 16.3. The SMILES string of the molecule is CC(=O)NCCn1nc([C@@H]2CCN(C(=O)Cc3ccccn3)C2)c2cccnc21. The smallest absolute Gasteiger partial charge is 0.228 e. The number of rotatable bonds is 6. The fraction of sp³-hybridized carbons (Fsp3) is 0.381. The molecule has 1 N–H and O–H groups in total. The van der Waals surface area contributed by atoms with Crippen LogP contribution in [0.2, 0.25) is 0 Å². The van der Waals surface area contributed by atoms with E-state index in [1.165, 1.54) is 6.92 Å². The number of pyridine rings is 2. The van der Waals surface area contributed by atoms with Gasteiger partial charge < -0.3 is 10.2 Å². The van der Waals surface area contributed by atoms with Gasteiger partial charge in [-0.05, 0) is 30.7 Å². The van der Waals surface area contributed by atoms with Gasteiger partial charge in [-0.2, -0.15) is 5.10 Å². The average Bonchev–Trinajstić information content (AvgIpc) is 3.34. The molecule has 1 fully saturated rings. The molecule has 8 nitrogen and oxygen atoms in total. The van der Waals surface area contributed by atoms with E-state index in [2.05, 4.69) is 15.3 Å². The van der Waals surface area contributed by atoms with E-state index < -0.39 is 0 Å². The van der Waals surface area contributed by atoms with E-state index in [9.17, 15) is 9.59 Å². The molecule has 8 heteroatoms. The van der Waals surface area contributed by atoms with E-state index >= 15 is 0 Å². The van der Waals surface area contributed by atoms with E-state index in [0.29, 0.717) is 26.1 Å². The van der Waals surface area contributed by atoms with E-state index in [1.54, 1.807) is 12.4 Å². The Balaban J connectivity index is 1.48. The third-order valence-corrected chi connectivity index (χ3v) is 5.22. The fourth-order valence-electron chi connectivity index (χ4n) is 3.81. The summed E-state index contributed by atoms with van der Waals surface area (Å²) in [4.78, 5) is 34.4.